The molecule has 0 aliphatic carbocycles. The second kappa shape index (κ2) is 7.33. The zero-order valence-electron chi connectivity index (χ0n) is 14.2. The third-order valence-electron chi connectivity index (χ3n) is 4.54. The molecule has 1 aromatic carbocycles. The lowest BCUT2D eigenvalue weighted by atomic mass is 10.1. The van der Waals surface area contributed by atoms with E-state index >= 15 is 0 Å². The van der Waals surface area contributed by atoms with E-state index in [-0.39, 0.29) is 0 Å². The van der Waals surface area contributed by atoms with Crippen LogP contribution in [0.25, 0.3) is 11.2 Å². The average Bonchev–Trinajstić information content (AvgIpc) is 3.23. The topological polar surface area (TPSA) is 128 Å². The fourth-order valence-corrected chi connectivity index (χ4v) is 3.34. The Balaban J connectivity index is 1.65. The maximum absolute atomic E-state index is 10.3. The molecule has 1 saturated heterocycles. The van der Waals surface area contributed by atoms with Crippen LogP contribution in [0.2, 0.25) is 0 Å². The van der Waals surface area contributed by atoms with E-state index in [0.29, 0.717) is 28.3 Å². The predicted molar refractivity (Wildman–Crippen MR) is 99.5 cm³/mol. The highest BCUT2D eigenvalue weighted by Crippen LogP contribution is 2.31. The van der Waals surface area contributed by atoms with Crippen molar-refractivity contribution in [3.8, 4) is 0 Å². The van der Waals surface area contributed by atoms with Gasteiger partial charge >= 0.3 is 0 Å². The van der Waals surface area contributed by atoms with Crippen LogP contribution < -0.4 is 5.32 Å². The molecular weight excluding hydrogens is 370 g/mol. The molecule has 27 heavy (non-hydrogen) atoms. The quantitative estimate of drug-likeness (QED) is 0.404. The first-order valence-corrected chi connectivity index (χ1v) is 8.86. The van der Waals surface area contributed by atoms with Crippen molar-refractivity contribution in [2.24, 2.45) is 0 Å². The number of hydrogen-bond donors (Lipinski definition) is 5. The molecule has 2 aromatic heterocycles. The number of aromatic nitrogens is 4. The summed E-state index contributed by atoms with van der Waals surface area (Å²) in [5, 5.41) is 32.7. The third-order valence-corrected chi connectivity index (χ3v) is 4.83. The van der Waals surface area contributed by atoms with Gasteiger partial charge in [-0.1, -0.05) is 42.5 Å². The summed E-state index contributed by atoms with van der Waals surface area (Å²) in [7, 11) is 0. The Hall–Kier alpha value is -2.37. The summed E-state index contributed by atoms with van der Waals surface area (Å²) < 4.78 is 7.42. The van der Waals surface area contributed by atoms with Crippen molar-refractivity contribution in [2.45, 2.75) is 31.1 Å². The molecule has 142 valence electrons. The number of aliphatic hydroxyl groups excluding tert-OH is 3. The fourth-order valence-electron chi connectivity index (χ4n) is 3.10. The Labute approximate surface area is 159 Å². The molecule has 0 spiro atoms. The highest BCUT2D eigenvalue weighted by Gasteiger charge is 2.43. The van der Waals surface area contributed by atoms with Crippen molar-refractivity contribution in [2.75, 3.05) is 11.9 Å². The van der Waals surface area contributed by atoms with Gasteiger partial charge in [-0.25, -0.2) is 9.97 Å². The van der Waals surface area contributed by atoms with Gasteiger partial charge in [0.1, 0.15) is 29.5 Å². The van der Waals surface area contributed by atoms with Crippen LogP contribution >= 0.6 is 12.2 Å². The molecular formula is C17H19N5O4S. The lowest BCUT2D eigenvalue weighted by Gasteiger charge is -2.17. The van der Waals surface area contributed by atoms with Gasteiger partial charge in [-0.2, -0.15) is 0 Å². The van der Waals surface area contributed by atoms with E-state index < -0.39 is 31.1 Å². The standard InChI is InChI=1S/C17H19N5O4S/c23-7-10-12(24)13(25)16(26-10)22-8-19-11-14(22)20-17(21-15(11)27)18-6-9-4-2-1-3-5-9/h1-5,8,10,12-13,16,23-25H,6-7H2,(H2,18,20,21,27)/t10-,12-,13-,16-/m1/s1. The van der Waals surface area contributed by atoms with Crippen LogP contribution in [0.5, 0.6) is 0 Å². The smallest absolute Gasteiger partial charge is 0.203 e. The molecule has 9 nitrogen and oxygen atoms in total. The molecule has 4 rings (SSSR count). The zero-order chi connectivity index (χ0) is 19.0. The highest BCUT2D eigenvalue weighted by atomic mass is 32.1. The number of nitrogens with zero attached hydrogens (tertiary/aromatic N) is 3. The Kier molecular flexibility index (Phi) is 4.89. The van der Waals surface area contributed by atoms with Crippen LogP contribution in [-0.4, -0.2) is 59.8 Å². The van der Waals surface area contributed by atoms with Crippen LogP contribution in [0.1, 0.15) is 11.8 Å². The molecule has 0 saturated carbocycles. The number of H-pyrrole nitrogens is 1. The molecule has 10 heteroatoms. The summed E-state index contributed by atoms with van der Waals surface area (Å²) in [6.07, 6.45) is -2.73. The van der Waals surface area contributed by atoms with Gasteiger partial charge in [0.05, 0.1) is 12.9 Å². The monoisotopic (exact) mass is 389 g/mol. The third kappa shape index (κ3) is 3.33. The van der Waals surface area contributed by atoms with Crippen molar-refractivity contribution >= 4 is 29.3 Å². The minimum atomic E-state index is -1.21. The Bertz CT molecular complexity index is 992. The van der Waals surface area contributed by atoms with Gasteiger partial charge in [-0.05, 0) is 5.56 Å². The van der Waals surface area contributed by atoms with E-state index in [1.54, 1.807) is 4.57 Å². The van der Waals surface area contributed by atoms with Crippen LogP contribution in [0.15, 0.2) is 36.7 Å². The predicted octanol–water partition coefficient (Wildman–Crippen LogP) is 0.712. The maximum Gasteiger partial charge on any atom is 0.203 e. The number of fused-ring (bicyclic) bond motifs is 1. The lowest BCUT2D eigenvalue weighted by molar-refractivity contribution is -0.0511. The Morgan fingerprint density at radius 3 is 2.70 bits per heavy atom. The number of nitrogens with one attached hydrogen (secondary N) is 2. The number of ether oxygens (including phenoxy) is 1. The second-order valence-corrected chi connectivity index (χ2v) is 6.69. The largest absolute Gasteiger partial charge is 0.394 e. The van der Waals surface area contributed by atoms with Gasteiger partial charge in [-0.15, -0.1) is 0 Å². The highest BCUT2D eigenvalue weighted by molar-refractivity contribution is 7.71. The van der Waals surface area contributed by atoms with E-state index in [1.807, 2.05) is 30.3 Å². The molecule has 5 N–H and O–H groups in total. The number of hydrogen-bond acceptors (Lipinski definition) is 8. The molecule has 0 amide bonds. The number of anilines is 1. The molecule has 0 unspecified atom stereocenters. The first kappa shape index (κ1) is 18.0. The van der Waals surface area contributed by atoms with Gasteiger partial charge in [0.2, 0.25) is 5.95 Å². The normalized spacial score (nSPS) is 25.1. The summed E-state index contributed by atoms with van der Waals surface area (Å²) >= 11 is 5.32. The first-order chi connectivity index (χ1) is 13.1. The van der Waals surface area contributed by atoms with Crippen LogP contribution in [0.3, 0.4) is 0 Å². The van der Waals surface area contributed by atoms with Crippen molar-refractivity contribution in [3.63, 3.8) is 0 Å². The van der Waals surface area contributed by atoms with Crippen LogP contribution in [0.4, 0.5) is 5.95 Å². The number of rotatable bonds is 5. The van der Waals surface area contributed by atoms with E-state index in [4.69, 9.17) is 17.0 Å². The second-order valence-electron chi connectivity index (χ2n) is 6.31. The number of imidazole rings is 1. The Morgan fingerprint density at radius 1 is 1.22 bits per heavy atom. The van der Waals surface area contributed by atoms with Crippen molar-refractivity contribution in [3.05, 3.63) is 46.9 Å². The molecule has 1 aliphatic rings. The summed E-state index contributed by atoms with van der Waals surface area (Å²) in [6.45, 7) is 0.148. The number of aliphatic hydroxyl groups is 3. The van der Waals surface area contributed by atoms with E-state index in [0.717, 1.165) is 5.56 Å². The van der Waals surface area contributed by atoms with Gasteiger partial charge in [0.15, 0.2) is 10.9 Å². The van der Waals surface area contributed by atoms with Gasteiger partial charge in [0, 0.05) is 6.54 Å². The molecule has 3 aromatic rings. The summed E-state index contributed by atoms with van der Waals surface area (Å²) in [5.74, 6) is 0.449. The van der Waals surface area contributed by atoms with E-state index in [9.17, 15) is 15.3 Å². The van der Waals surface area contributed by atoms with Gasteiger partial charge in [-0.3, -0.25) is 4.57 Å². The average molecular weight is 389 g/mol. The van der Waals surface area contributed by atoms with Crippen molar-refractivity contribution in [1.29, 1.82) is 0 Å². The maximum atomic E-state index is 10.3. The van der Waals surface area contributed by atoms with Crippen LogP contribution in [-0.2, 0) is 11.3 Å². The van der Waals surface area contributed by atoms with Crippen molar-refractivity contribution < 1.29 is 20.1 Å². The summed E-state index contributed by atoms with van der Waals surface area (Å²) in [5.41, 5.74) is 2.03. The SMILES string of the molecule is OC[C@H]1O[C@@H](n2cnc3c(=S)nc(NCc4ccccc4)[nH]c32)[C@H](O)[C@@H]1O. The van der Waals surface area contributed by atoms with E-state index in [1.165, 1.54) is 6.33 Å². The van der Waals surface area contributed by atoms with Crippen molar-refractivity contribution in [1.82, 2.24) is 19.5 Å². The first-order valence-electron chi connectivity index (χ1n) is 8.45. The molecule has 3 heterocycles. The number of benzene rings is 1. The summed E-state index contributed by atoms with van der Waals surface area (Å²) in [4.78, 5) is 11.6. The molecule has 0 radical (unpaired) electrons. The molecule has 4 atom stereocenters. The zero-order valence-corrected chi connectivity index (χ0v) is 15.0. The number of aromatic amines is 1. The minimum Gasteiger partial charge on any atom is -0.394 e. The van der Waals surface area contributed by atoms with Gasteiger partial charge < -0.3 is 30.4 Å². The summed E-state index contributed by atoms with van der Waals surface area (Å²) in [6, 6.07) is 9.83. The molecule has 1 fully saturated rings. The van der Waals surface area contributed by atoms with Gasteiger partial charge in [0.25, 0.3) is 0 Å². The van der Waals surface area contributed by atoms with E-state index in [2.05, 4.69) is 20.3 Å². The van der Waals surface area contributed by atoms with Crippen LogP contribution in [0, 0.1) is 4.64 Å². The Morgan fingerprint density at radius 2 is 2.00 bits per heavy atom. The lowest BCUT2D eigenvalue weighted by Crippen LogP contribution is -2.33. The molecule has 0 bridgehead atoms. The minimum absolute atomic E-state index is 0.296. The fraction of sp³-hybridized carbons (Fsp3) is 0.353. The molecule has 1 aliphatic heterocycles.